The summed E-state index contributed by atoms with van der Waals surface area (Å²) in [6.07, 6.45) is 0.872. The van der Waals surface area contributed by atoms with Gasteiger partial charge in [0.05, 0.1) is 0 Å². The second-order valence-electron chi connectivity index (χ2n) is 3.52. The predicted octanol–water partition coefficient (Wildman–Crippen LogP) is 1.86. The topological polar surface area (TPSA) is 41.1 Å². The van der Waals surface area contributed by atoms with E-state index in [4.69, 9.17) is 0 Å². The molecule has 1 aromatic rings. The summed E-state index contributed by atoms with van der Waals surface area (Å²) < 4.78 is 0. The number of rotatable bonds is 4. The first-order valence-corrected chi connectivity index (χ1v) is 5.29. The van der Waals surface area contributed by atoms with Crippen molar-refractivity contribution < 1.29 is 4.79 Å². The van der Waals surface area contributed by atoms with Gasteiger partial charge in [-0.1, -0.05) is 29.8 Å². The number of carbonyl (C=O) groups is 1. The molecule has 0 bridgehead atoms. The van der Waals surface area contributed by atoms with Gasteiger partial charge in [-0.25, -0.2) is 4.79 Å². The van der Waals surface area contributed by atoms with Crippen LogP contribution in [0.5, 0.6) is 0 Å². The van der Waals surface area contributed by atoms with Crippen LogP contribution in [0.15, 0.2) is 24.3 Å². The molecule has 0 aliphatic rings. The predicted molar refractivity (Wildman–Crippen MR) is 62.0 cm³/mol. The Bertz CT molecular complexity index is 306. The van der Waals surface area contributed by atoms with E-state index in [1.165, 1.54) is 11.1 Å². The van der Waals surface area contributed by atoms with Gasteiger partial charge in [-0.2, -0.15) is 0 Å². The van der Waals surface area contributed by atoms with Crippen LogP contribution in [0.25, 0.3) is 0 Å². The van der Waals surface area contributed by atoms with E-state index in [-0.39, 0.29) is 6.03 Å². The van der Waals surface area contributed by atoms with Gasteiger partial charge < -0.3 is 10.6 Å². The molecule has 15 heavy (non-hydrogen) atoms. The third-order valence-electron chi connectivity index (χ3n) is 2.16. The number of nitrogens with one attached hydrogen (secondary N) is 2. The first kappa shape index (κ1) is 11.6. The van der Waals surface area contributed by atoms with Crippen LogP contribution >= 0.6 is 0 Å². The zero-order valence-corrected chi connectivity index (χ0v) is 9.34. The lowest BCUT2D eigenvalue weighted by Crippen LogP contribution is -2.36. The number of hydrogen-bond donors (Lipinski definition) is 2. The molecule has 0 aliphatic carbocycles. The van der Waals surface area contributed by atoms with Gasteiger partial charge in [0.25, 0.3) is 0 Å². The Kier molecular flexibility index (Phi) is 4.68. The lowest BCUT2D eigenvalue weighted by molar-refractivity contribution is 0.241. The summed E-state index contributed by atoms with van der Waals surface area (Å²) in [5, 5.41) is 5.49. The summed E-state index contributed by atoms with van der Waals surface area (Å²) in [5.41, 5.74) is 2.51. The minimum atomic E-state index is -0.0930. The van der Waals surface area contributed by atoms with Crippen LogP contribution in [0.4, 0.5) is 4.79 Å². The molecule has 2 amide bonds. The largest absolute Gasteiger partial charge is 0.338 e. The molecule has 0 aromatic heterocycles. The van der Waals surface area contributed by atoms with Crippen LogP contribution in [-0.4, -0.2) is 19.1 Å². The lowest BCUT2D eigenvalue weighted by Gasteiger charge is -2.05. The number of hydrogen-bond acceptors (Lipinski definition) is 1. The smallest absolute Gasteiger partial charge is 0.314 e. The quantitative estimate of drug-likeness (QED) is 0.775. The van der Waals surface area contributed by atoms with Gasteiger partial charge in [-0.3, -0.25) is 0 Å². The van der Waals surface area contributed by atoms with Gasteiger partial charge >= 0.3 is 6.03 Å². The van der Waals surface area contributed by atoms with Gasteiger partial charge in [-0.15, -0.1) is 0 Å². The molecule has 0 radical (unpaired) electrons. The highest BCUT2D eigenvalue weighted by molar-refractivity contribution is 5.73. The normalized spacial score (nSPS) is 9.73. The maximum absolute atomic E-state index is 11.1. The third kappa shape index (κ3) is 4.49. The van der Waals surface area contributed by atoms with Crippen molar-refractivity contribution in [2.45, 2.75) is 20.3 Å². The molecule has 0 spiro atoms. The van der Waals surface area contributed by atoms with Crippen molar-refractivity contribution in [2.24, 2.45) is 0 Å². The Morgan fingerprint density at radius 1 is 1.20 bits per heavy atom. The highest BCUT2D eigenvalue weighted by Crippen LogP contribution is 2.02. The molecule has 82 valence electrons. The van der Waals surface area contributed by atoms with Crippen LogP contribution in [0.2, 0.25) is 0 Å². The number of carbonyl (C=O) groups excluding carboxylic acids is 1. The molecular formula is C12H18N2O. The Morgan fingerprint density at radius 2 is 1.87 bits per heavy atom. The minimum Gasteiger partial charge on any atom is -0.338 e. The fourth-order valence-corrected chi connectivity index (χ4v) is 1.30. The second kappa shape index (κ2) is 6.06. The van der Waals surface area contributed by atoms with E-state index in [9.17, 15) is 4.79 Å². The zero-order valence-electron chi connectivity index (χ0n) is 9.34. The van der Waals surface area contributed by atoms with Crippen LogP contribution in [0, 0.1) is 6.92 Å². The van der Waals surface area contributed by atoms with Crippen molar-refractivity contribution in [3.05, 3.63) is 35.4 Å². The van der Waals surface area contributed by atoms with E-state index in [1.807, 2.05) is 6.92 Å². The number of urea groups is 1. The molecule has 0 atom stereocenters. The molecule has 0 saturated carbocycles. The van der Waals surface area contributed by atoms with E-state index in [1.54, 1.807) is 0 Å². The van der Waals surface area contributed by atoms with Crippen molar-refractivity contribution in [3.63, 3.8) is 0 Å². The molecule has 2 N–H and O–H groups in total. The summed E-state index contributed by atoms with van der Waals surface area (Å²) in [5.74, 6) is 0. The maximum atomic E-state index is 11.1. The second-order valence-corrected chi connectivity index (χ2v) is 3.52. The molecule has 3 nitrogen and oxygen atoms in total. The molecule has 3 heteroatoms. The van der Waals surface area contributed by atoms with Crippen LogP contribution in [-0.2, 0) is 6.42 Å². The first-order valence-electron chi connectivity index (χ1n) is 5.29. The van der Waals surface area contributed by atoms with Crippen LogP contribution < -0.4 is 10.6 Å². The molecule has 0 saturated heterocycles. The molecule has 0 fully saturated rings. The summed E-state index contributed by atoms with van der Waals surface area (Å²) in [6.45, 7) is 5.31. The van der Waals surface area contributed by atoms with Crippen molar-refractivity contribution in [2.75, 3.05) is 13.1 Å². The van der Waals surface area contributed by atoms with Crippen molar-refractivity contribution in [1.29, 1.82) is 0 Å². The molecular weight excluding hydrogens is 188 g/mol. The number of amides is 2. The third-order valence-corrected chi connectivity index (χ3v) is 2.16. The fourth-order valence-electron chi connectivity index (χ4n) is 1.30. The zero-order chi connectivity index (χ0) is 11.1. The van der Waals surface area contributed by atoms with Gasteiger partial charge in [0.1, 0.15) is 0 Å². The Morgan fingerprint density at radius 3 is 2.47 bits per heavy atom. The SMILES string of the molecule is CCNC(=O)NCCc1ccc(C)cc1. The van der Waals surface area contributed by atoms with Crippen molar-refractivity contribution >= 4 is 6.03 Å². The van der Waals surface area contributed by atoms with Gasteiger partial charge in [-0.05, 0) is 25.8 Å². The Hall–Kier alpha value is -1.51. The van der Waals surface area contributed by atoms with Gasteiger partial charge in [0.15, 0.2) is 0 Å². The summed E-state index contributed by atoms with van der Waals surface area (Å²) in [7, 11) is 0. The monoisotopic (exact) mass is 206 g/mol. The number of benzene rings is 1. The van der Waals surface area contributed by atoms with E-state index in [0.717, 1.165) is 6.42 Å². The first-order chi connectivity index (χ1) is 7.22. The molecule has 1 rings (SSSR count). The Labute approximate surface area is 90.9 Å². The standard InChI is InChI=1S/C12H18N2O/c1-3-13-12(15)14-9-8-11-6-4-10(2)5-7-11/h4-7H,3,8-9H2,1-2H3,(H2,13,14,15). The minimum absolute atomic E-state index is 0.0930. The molecule has 1 aromatic carbocycles. The maximum Gasteiger partial charge on any atom is 0.314 e. The average molecular weight is 206 g/mol. The van der Waals surface area contributed by atoms with Crippen molar-refractivity contribution in [1.82, 2.24) is 10.6 Å². The van der Waals surface area contributed by atoms with Crippen molar-refractivity contribution in [3.8, 4) is 0 Å². The Balaban J connectivity index is 2.26. The average Bonchev–Trinajstić information content (AvgIpc) is 2.21. The van der Waals surface area contributed by atoms with E-state index < -0.39 is 0 Å². The summed E-state index contributed by atoms with van der Waals surface area (Å²) in [6, 6.07) is 8.26. The summed E-state index contributed by atoms with van der Waals surface area (Å²) in [4.78, 5) is 11.1. The number of aryl methyl sites for hydroxylation is 1. The highest BCUT2D eigenvalue weighted by Gasteiger charge is 1.97. The van der Waals surface area contributed by atoms with Crippen LogP contribution in [0.1, 0.15) is 18.1 Å². The van der Waals surface area contributed by atoms with E-state index >= 15 is 0 Å². The molecule has 0 aliphatic heterocycles. The fraction of sp³-hybridized carbons (Fsp3) is 0.417. The van der Waals surface area contributed by atoms with E-state index in [0.29, 0.717) is 13.1 Å². The van der Waals surface area contributed by atoms with E-state index in [2.05, 4.69) is 41.8 Å². The van der Waals surface area contributed by atoms with Gasteiger partial charge in [0, 0.05) is 13.1 Å². The molecule has 0 unspecified atom stereocenters. The highest BCUT2D eigenvalue weighted by atomic mass is 16.2. The van der Waals surface area contributed by atoms with Crippen LogP contribution in [0.3, 0.4) is 0 Å². The molecule has 0 heterocycles. The summed E-state index contributed by atoms with van der Waals surface area (Å²) >= 11 is 0. The lowest BCUT2D eigenvalue weighted by atomic mass is 10.1. The van der Waals surface area contributed by atoms with Gasteiger partial charge in [0.2, 0.25) is 0 Å².